The number of benzene rings is 2. The highest BCUT2D eigenvalue weighted by molar-refractivity contribution is 5.76. The van der Waals surface area contributed by atoms with E-state index in [1.807, 2.05) is 0 Å². The average molecular weight is 365 g/mol. The lowest BCUT2D eigenvalue weighted by atomic mass is 10.0. The number of nitrogens with zero attached hydrogens (tertiary/aromatic N) is 1. The second-order valence-electron chi connectivity index (χ2n) is 7.85. The number of rotatable bonds is 7. The van der Waals surface area contributed by atoms with Gasteiger partial charge in [-0.2, -0.15) is 0 Å². The molecule has 27 heavy (non-hydrogen) atoms. The molecule has 0 bridgehead atoms. The molecule has 2 aromatic rings. The van der Waals surface area contributed by atoms with E-state index in [0.717, 1.165) is 18.5 Å². The average Bonchev–Trinajstić information content (AvgIpc) is 2.69. The fraction of sp³-hybridized carbons (Fsp3) is 0.458. The Balaban J connectivity index is 1.41. The van der Waals surface area contributed by atoms with E-state index in [4.69, 9.17) is 0 Å². The molecule has 0 spiro atoms. The predicted molar refractivity (Wildman–Crippen MR) is 112 cm³/mol. The summed E-state index contributed by atoms with van der Waals surface area (Å²) in [6, 6.07) is 15.1. The molecule has 1 heterocycles. The van der Waals surface area contributed by atoms with Crippen molar-refractivity contribution in [3.63, 3.8) is 0 Å². The van der Waals surface area contributed by atoms with E-state index in [2.05, 4.69) is 66.5 Å². The van der Waals surface area contributed by atoms with Gasteiger partial charge in [0.25, 0.3) is 0 Å². The van der Waals surface area contributed by atoms with Crippen LogP contribution in [0.5, 0.6) is 0 Å². The maximum Gasteiger partial charge on any atom is 0.220 e. The monoisotopic (exact) mass is 364 g/mol. The highest BCUT2D eigenvalue weighted by atomic mass is 16.1. The molecule has 0 aromatic heterocycles. The number of aryl methyl sites for hydroxylation is 3. The van der Waals surface area contributed by atoms with Gasteiger partial charge >= 0.3 is 0 Å². The van der Waals surface area contributed by atoms with Crippen molar-refractivity contribution >= 4 is 5.91 Å². The molecular formula is C24H32N2O. The zero-order valence-electron chi connectivity index (χ0n) is 16.8. The Bertz CT molecular complexity index is 745. The Morgan fingerprint density at radius 1 is 0.889 bits per heavy atom. The molecule has 3 rings (SSSR count). The third-order valence-electron chi connectivity index (χ3n) is 5.58. The van der Waals surface area contributed by atoms with Gasteiger partial charge in [0.05, 0.1) is 0 Å². The summed E-state index contributed by atoms with van der Waals surface area (Å²) in [6.07, 6.45) is 5.36. The van der Waals surface area contributed by atoms with Crippen molar-refractivity contribution in [1.82, 2.24) is 10.2 Å². The minimum absolute atomic E-state index is 0.116. The van der Waals surface area contributed by atoms with Gasteiger partial charge in [0.1, 0.15) is 0 Å². The van der Waals surface area contributed by atoms with E-state index < -0.39 is 0 Å². The van der Waals surface area contributed by atoms with Crippen LogP contribution in [0.2, 0.25) is 0 Å². The smallest absolute Gasteiger partial charge is 0.220 e. The normalized spacial score (nSPS) is 14.9. The van der Waals surface area contributed by atoms with Gasteiger partial charge in [-0.3, -0.25) is 9.69 Å². The van der Waals surface area contributed by atoms with E-state index in [9.17, 15) is 4.79 Å². The van der Waals surface area contributed by atoms with Gasteiger partial charge in [0.2, 0.25) is 5.91 Å². The van der Waals surface area contributed by atoms with Gasteiger partial charge in [0, 0.05) is 19.5 Å². The quantitative estimate of drug-likeness (QED) is 0.782. The molecule has 3 nitrogen and oxygen atoms in total. The first-order valence-electron chi connectivity index (χ1n) is 10.2. The second-order valence-corrected chi connectivity index (χ2v) is 7.85. The molecule has 1 aliphatic heterocycles. The molecule has 144 valence electrons. The summed E-state index contributed by atoms with van der Waals surface area (Å²) in [5.41, 5.74) is 6.35. The van der Waals surface area contributed by atoms with Crippen LogP contribution in [0.3, 0.4) is 0 Å². The van der Waals surface area contributed by atoms with Crippen molar-refractivity contribution in [2.75, 3.05) is 13.1 Å². The van der Waals surface area contributed by atoms with Crippen LogP contribution < -0.4 is 5.32 Å². The number of carbonyl (C=O) groups excluding carboxylic acids is 1. The Morgan fingerprint density at radius 2 is 1.56 bits per heavy atom. The molecule has 0 aliphatic carbocycles. The number of carbonyl (C=O) groups is 1. The summed E-state index contributed by atoms with van der Waals surface area (Å²) in [5, 5.41) is 3.05. The molecule has 0 atom stereocenters. The molecule has 3 heteroatoms. The van der Waals surface area contributed by atoms with Crippen molar-refractivity contribution < 1.29 is 4.79 Å². The molecule has 1 fully saturated rings. The van der Waals surface area contributed by atoms with Crippen LogP contribution in [0.25, 0.3) is 0 Å². The summed E-state index contributed by atoms with van der Waals surface area (Å²) in [4.78, 5) is 14.7. The van der Waals surface area contributed by atoms with Crippen LogP contribution >= 0.6 is 0 Å². The predicted octanol–water partition coefficient (Wildman–Crippen LogP) is 4.54. The Morgan fingerprint density at radius 3 is 2.26 bits per heavy atom. The molecule has 1 amide bonds. The van der Waals surface area contributed by atoms with Crippen LogP contribution in [-0.2, 0) is 24.3 Å². The van der Waals surface area contributed by atoms with Crippen LogP contribution in [0, 0.1) is 13.8 Å². The molecule has 1 saturated heterocycles. The van der Waals surface area contributed by atoms with Crippen molar-refractivity contribution in [3.8, 4) is 0 Å². The Kier molecular flexibility index (Phi) is 7.05. The largest absolute Gasteiger partial charge is 0.352 e. The number of amides is 1. The maximum atomic E-state index is 12.2. The van der Waals surface area contributed by atoms with Gasteiger partial charge in [-0.05, 0) is 74.0 Å². The van der Waals surface area contributed by atoms with E-state index >= 15 is 0 Å². The highest BCUT2D eigenvalue weighted by Gasteiger charge is 2.10. The van der Waals surface area contributed by atoms with Crippen molar-refractivity contribution in [2.24, 2.45) is 0 Å². The molecule has 1 N–H and O–H groups in total. The van der Waals surface area contributed by atoms with E-state index in [1.54, 1.807) is 0 Å². The number of likely N-dealkylation sites (tertiary alicyclic amines) is 1. The van der Waals surface area contributed by atoms with E-state index in [0.29, 0.717) is 13.0 Å². The summed E-state index contributed by atoms with van der Waals surface area (Å²) in [7, 11) is 0. The lowest BCUT2D eigenvalue weighted by molar-refractivity contribution is -0.121. The van der Waals surface area contributed by atoms with Crippen LogP contribution in [0.4, 0.5) is 0 Å². The topological polar surface area (TPSA) is 32.3 Å². The summed E-state index contributed by atoms with van der Waals surface area (Å²) >= 11 is 0. The summed E-state index contributed by atoms with van der Waals surface area (Å²) in [5.74, 6) is 0.116. The number of hydrogen-bond donors (Lipinski definition) is 1. The summed E-state index contributed by atoms with van der Waals surface area (Å²) < 4.78 is 0. The molecular weight excluding hydrogens is 332 g/mol. The maximum absolute atomic E-state index is 12.2. The molecule has 2 aromatic carbocycles. The van der Waals surface area contributed by atoms with Gasteiger partial charge in [-0.25, -0.2) is 0 Å². The first kappa shape index (κ1) is 19.6. The first-order chi connectivity index (χ1) is 13.1. The van der Waals surface area contributed by atoms with Crippen LogP contribution in [0.15, 0.2) is 42.5 Å². The second kappa shape index (κ2) is 9.70. The number of nitrogens with one attached hydrogen (secondary N) is 1. The minimum Gasteiger partial charge on any atom is -0.352 e. The summed E-state index contributed by atoms with van der Waals surface area (Å²) in [6.45, 7) is 8.33. The van der Waals surface area contributed by atoms with Gasteiger partial charge in [-0.15, -0.1) is 0 Å². The van der Waals surface area contributed by atoms with E-state index in [-0.39, 0.29) is 5.91 Å². The SMILES string of the molecule is Cc1ccc(CCC(=O)NCc2ccc(CN3CCCCC3)cc2)cc1C. The zero-order chi connectivity index (χ0) is 19.1. The fourth-order valence-electron chi connectivity index (χ4n) is 3.64. The minimum atomic E-state index is 0.116. The van der Waals surface area contributed by atoms with Gasteiger partial charge in [-0.1, -0.05) is 48.9 Å². The first-order valence-corrected chi connectivity index (χ1v) is 10.2. The standard InChI is InChI=1S/C24H32N2O/c1-19-6-7-21(16-20(19)2)12-13-24(27)25-17-22-8-10-23(11-9-22)18-26-14-4-3-5-15-26/h6-11,16H,3-5,12-15,17-18H2,1-2H3,(H,25,27). The Labute approximate surface area is 163 Å². The Hall–Kier alpha value is -2.13. The molecule has 1 aliphatic rings. The number of piperidine rings is 1. The molecule has 0 radical (unpaired) electrons. The highest BCUT2D eigenvalue weighted by Crippen LogP contribution is 2.14. The van der Waals surface area contributed by atoms with Crippen molar-refractivity contribution in [1.29, 1.82) is 0 Å². The van der Waals surface area contributed by atoms with E-state index in [1.165, 1.54) is 54.6 Å². The lowest BCUT2D eigenvalue weighted by Gasteiger charge is -2.26. The molecule has 0 unspecified atom stereocenters. The number of hydrogen-bond acceptors (Lipinski definition) is 2. The fourth-order valence-corrected chi connectivity index (χ4v) is 3.64. The van der Waals surface area contributed by atoms with Gasteiger partial charge < -0.3 is 5.32 Å². The third kappa shape index (κ3) is 6.21. The van der Waals surface area contributed by atoms with Crippen molar-refractivity contribution in [3.05, 3.63) is 70.3 Å². The molecule has 0 saturated carbocycles. The third-order valence-corrected chi connectivity index (χ3v) is 5.58. The van der Waals surface area contributed by atoms with Gasteiger partial charge in [0.15, 0.2) is 0 Å². The lowest BCUT2D eigenvalue weighted by Crippen LogP contribution is -2.29. The van der Waals surface area contributed by atoms with Crippen LogP contribution in [-0.4, -0.2) is 23.9 Å². The zero-order valence-corrected chi connectivity index (χ0v) is 16.8. The van der Waals surface area contributed by atoms with Crippen molar-refractivity contribution in [2.45, 2.75) is 59.0 Å². The van der Waals surface area contributed by atoms with Crippen LogP contribution in [0.1, 0.15) is 53.5 Å².